The summed E-state index contributed by atoms with van der Waals surface area (Å²) in [5.41, 5.74) is -2.53. The first-order valence-electron chi connectivity index (χ1n) is 5.62. The molecule has 20 heavy (non-hydrogen) atoms. The Bertz CT molecular complexity index is 546. The quantitative estimate of drug-likeness (QED) is 0.665. The highest BCUT2D eigenvalue weighted by atomic mass is 19.3. The van der Waals surface area contributed by atoms with Crippen molar-refractivity contribution in [1.82, 2.24) is 0 Å². The van der Waals surface area contributed by atoms with Gasteiger partial charge in [0.25, 0.3) is 12.1 Å². The van der Waals surface area contributed by atoms with Crippen molar-refractivity contribution >= 4 is 17.3 Å². The third kappa shape index (κ3) is 2.84. The van der Waals surface area contributed by atoms with Crippen molar-refractivity contribution in [3.05, 3.63) is 33.9 Å². The van der Waals surface area contributed by atoms with Crippen molar-refractivity contribution in [3.63, 3.8) is 0 Å². The molecule has 0 heterocycles. The molecule has 0 fully saturated rings. The van der Waals surface area contributed by atoms with Gasteiger partial charge in [0, 0.05) is 30.4 Å². The first-order chi connectivity index (χ1) is 9.09. The molecular formula is C12H14F2N2O4. The fourth-order valence-electron chi connectivity index (χ4n) is 1.58. The number of carboxylic acid groups (broad SMARTS) is 1. The third-order valence-corrected chi connectivity index (χ3v) is 3.18. The van der Waals surface area contributed by atoms with Gasteiger partial charge in [0.05, 0.1) is 4.92 Å². The van der Waals surface area contributed by atoms with E-state index < -0.39 is 34.1 Å². The normalized spacial score (nSPS) is 11.5. The Morgan fingerprint density at radius 1 is 1.45 bits per heavy atom. The van der Waals surface area contributed by atoms with Crippen LogP contribution in [0.3, 0.4) is 0 Å². The van der Waals surface area contributed by atoms with Crippen LogP contribution in [0.4, 0.5) is 20.2 Å². The summed E-state index contributed by atoms with van der Waals surface area (Å²) in [5.74, 6) is -1.20. The maximum Gasteiger partial charge on any atom is 0.328 e. The summed E-state index contributed by atoms with van der Waals surface area (Å²) < 4.78 is 26.0. The standard InChI is InChI=1S/C12H14F2N2O4/c1-12(2,11(17)18)15(3)9-5-4-7(16(19)20)6-8(9)10(13)14/h4-6,10H,1-3H3,(H,17,18). The fraction of sp³-hybridized carbons (Fsp3) is 0.417. The van der Waals surface area contributed by atoms with Crippen molar-refractivity contribution in [3.8, 4) is 0 Å². The maximum absolute atomic E-state index is 13.0. The Kier molecular flexibility index (Phi) is 4.26. The van der Waals surface area contributed by atoms with Crippen LogP contribution >= 0.6 is 0 Å². The number of nitrogens with zero attached hydrogens (tertiary/aromatic N) is 2. The van der Waals surface area contributed by atoms with Crippen LogP contribution in [0.1, 0.15) is 25.8 Å². The van der Waals surface area contributed by atoms with Crippen LogP contribution < -0.4 is 4.90 Å². The van der Waals surface area contributed by atoms with Gasteiger partial charge in [-0.2, -0.15) is 0 Å². The third-order valence-electron chi connectivity index (χ3n) is 3.18. The lowest BCUT2D eigenvalue weighted by molar-refractivity contribution is -0.385. The minimum Gasteiger partial charge on any atom is -0.480 e. The molecular weight excluding hydrogens is 274 g/mol. The molecule has 1 rings (SSSR count). The van der Waals surface area contributed by atoms with Gasteiger partial charge in [0.2, 0.25) is 0 Å². The molecule has 0 aliphatic heterocycles. The van der Waals surface area contributed by atoms with E-state index in [-0.39, 0.29) is 5.69 Å². The molecule has 0 saturated carbocycles. The molecule has 0 aromatic heterocycles. The molecule has 0 atom stereocenters. The molecule has 1 aromatic rings. The second-order valence-electron chi connectivity index (χ2n) is 4.72. The van der Waals surface area contributed by atoms with Gasteiger partial charge in [-0.05, 0) is 19.9 Å². The average molecular weight is 288 g/mol. The number of nitro groups is 1. The monoisotopic (exact) mass is 288 g/mol. The number of alkyl halides is 2. The first kappa shape index (κ1) is 15.8. The maximum atomic E-state index is 13.0. The van der Waals surface area contributed by atoms with Crippen LogP contribution in [0.25, 0.3) is 0 Å². The molecule has 0 saturated heterocycles. The molecule has 8 heteroatoms. The Labute approximate surface area is 113 Å². The Hall–Kier alpha value is -2.25. The lowest BCUT2D eigenvalue weighted by atomic mass is 10.0. The van der Waals surface area contributed by atoms with Gasteiger partial charge in [-0.15, -0.1) is 0 Å². The molecule has 0 amide bonds. The van der Waals surface area contributed by atoms with Gasteiger partial charge in [0.15, 0.2) is 0 Å². The number of rotatable bonds is 5. The zero-order valence-electron chi connectivity index (χ0n) is 11.1. The number of carboxylic acids is 1. The van der Waals surface area contributed by atoms with E-state index in [0.717, 1.165) is 23.1 Å². The van der Waals surface area contributed by atoms with Crippen molar-refractivity contribution < 1.29 is 23.6 Å². The Morgan fingerprint density at radius 2 is 2.00 bits per heavy atom. The Balaban J connectivity index is 3.38. The number of likely N-dealkylation sites (N-methyl/N-ethyl adjacent to an activating group) is 1. The smallest absolute Gasteiger partial charge is 0.328 e. The molecule has 0 bridgehead atoms. The van der Waals surface area contributed by atoms with Gasteiger partial charge >= 0.3 is 5.97 Å². The van der Waals surface area contributed by atoms with E-state index in [9.17, 15) is 23.7 Å². The largest absolute Gasteiger partial charge is 0.480 e. The molecule has 0 aliphatic rings. The number of nitro benzene ring substituents is 1. The molecule has 1 aromatic carbocycles. The number of aliphatic carboxylic acids is 1. The fourth-order valence-corrected chi connectivity index (χ4v) is 1.58. The van der Waals surface area contributed by atoms with E-state index in [4.69, 9.17) is 5.11 Å². The zero-order valence-corrected chi connectivity index (χ0v) is 11.1. The second-order valence-corrected chi connectivity index (χ2v) is 4.72. The van der Waals surface area contributed by atoms with Crippen molar-refractivity contribution in [2.24, 2.45) is 0 Å². The molecule has 110 valence electrons. The predicted molar refractivity (Wildman–Crippen MR) is 68.2 cm³/mol. The number of benzene rings is 1. The molecule has 1 N–H and O–H groups in total. The summed E-state index contributed by atoms with van der Waals surface area (Å²) in [4.78, 5) is 22.1. The van der Waals surface area contributed by atoms with E-state index in [1.807, 2.05) is 0 Å². The summed E-state index contributed by atoms with van der Waals surface area (Å²) in [7, 11) is 1.35. The van der Waals surface area contributed by atoms with Crippen molar-refractivity contribution in [2.45, 2.75) is 25.8 Å². The van der Waals surface area contributed by atoms with Crippen molar-refractivity contribution in [2.75, 3.05) is 11.9 Å². The predicted octanol–water partition coefficient (Wildman–Crippen LogP) is 2.83. The lowest BCUT2D eigenvalue weighted by Crippen LogP contribution is -2.48. The SMILES string of the molecule is CN(c1ccc([N+](=O)[O-])cc1C(F)F)C(C)(C)C(=O)O. The lowest BCUT2D eigenvalue weighted by Gasteiger charge is -2.34. The summed E-state index contributed by atoms with van der Waals surface area (Å²) in [6, 6.07) is 2.95. The topological polar surface area (TPSA) is 83.7 Å². The van der Waals surface area contributed by atoms with Crippen LogP contribution in [0.5, 0.6) is 0 Å². The minimum absolute atomic E-state index is 0.0574. The van der Waals surface area contributed by atoms with Crippen molar-refractivity contribution in [1.29, 1.82) is 0 Å². The second kappa shape index (κ2) is 5.40. The minimum atomic E-state index is -2.95. The van der Waals surface area contributed by atoms with Crippen LogP contribution in [0, 0.1) is 10.1 Å². The van der Waals surface area contributed by atoms with Crippen LogP contribution in [-0.2, 0) is 4.79 Å². The number of hydrogen-bond donors (Lipinski definition) is 1. The number of carbonyl (C=O) groups is 1. The van der Waals surface area contributed by atoms with Gasteiger partial charge in [0.1, 0.15) is 5.54 Å². The van der Waals surface area contributed by atoms with E-state index in [0.29, 0.717) is 0 Å². The summed E-state index contributed by atoms with van der Waals surface area (Å²) in [6.45, 7) is 2.71. The molecule has 0 aliphatic carbocycles. The van der Waals surface area contributed by atoms with E-state index >= 15 is 0 Å². The zero-order chi connectivity index (χ0) is 15.7. The van der Waals surface area contributed by atoms with E-state index in [2.05, 4.69) is 0 Å². The highest BCUT2D eigenvalue weighted by molar-refractivity contribution is 5.83. The average Bonchev–Trinajstić information content (AvgIpc) is 2.36. The van der Waals surface area contributed by atoms with Gasteiger partial charge in [-0.25, -0.2) is 13.6 Å². The van der Waals surface area contributed by atoms with Crippen LogP contribution in [-0.4, -0.2) is 28.6 Å². The summed E-state index contributed by atoms with van der Waals surface area (Å²) >= 11 is 0. The first-order valence-corrected chi connectivity index (χ1v) is 5.62. The van der Waals surface area contributed by atoms with Crippen LogP contribution in [0.2, 0.25) is 0 Å². The van der Waals surface area contributed by atoms with Gasteiger partial charge in [-0.3, -0.25) is 10.1 Å². The summed E-state index contributed by atoms with van der Waals surface area (Å²) in [5, 5.41) is 19.7. The number of non-ortho nitro benzene ring substituents is 1. The van der Waals surface area contributed by atoms with Gasteiger partial charge < -0.3 is 10.0 Å². The van der Waals surface area contributed by atoms with Crippen LogP contribution in [0.15, 0.2) is 18.2 Å². The highest BCUT2D eigenvalue weighted by Crippen LogP contribution is 2.35. The number of halogens is 2. The van der Waals surface area contributed by atoms with E-state index in [1.54, 1.807) is 0 Å². The molecule has 0 radical (unpaired) electrons. The number of anilines is 1. The van der Waals surface area contributed by atoms with E-state index in [1.165, 1.54) is 20.9 Å². The molecule has 0 unspecified atom stereocenters. The summed E-state index contributed by atoms with van der Waals surface area (Å²) in [6.07, 6.45) is -2.95. The van der Waals surface area contributed by atoms with Gasteiger partial charge in [-0.1, -0.05) is 0 Å². The Morgan fingerprint density at radius 3 is 2.40 bits per heavy atom. The molecule has 6 nitrogen and oxygen atoms in total. The highest BCUT2D eigenvalue weighted by Gasteiger charge is 2.34. The molecule has 0 spiro atoms. The number of hydrogen-bond acceptors (Lipinski definition) is 4.